The van der Waals surface area contributed by atoms with E-state index in [0.29, 0.717) is 23.1 Å². The van der Waals surface area contributed by atoms with E-state index in [9.17, 15) is 13.2 Å². The number of aromatic nitrogens is 1. The summed E-state index contributed by atoms with van der Waals surface area (Å²) in [5.74, 6) is 0.726. The normalized spacial score (nSPS) is 24.7. The Labute approximate surface area is 164 Å². The maximum Gasteiger partial charge on any atom is 0.266 e. The number of rotatable bonds is 5. The minimum atomic E-state index is -4.02. The summed E-state index contributed by atoms with van der Waals surface area (Å²) >= 11 is 0. The molecule has 8 heteroatoms. The quantitative estimate of drug-likeness (QED) is 0.795. The number of hydrogen-bond acceptors (Lipinski definition) is 6. The molecule has 3 atom stereocenters. The monoisotopic (exact) mass is 403 g/mol. The fourth-order valence-electron chi connectivity index (χ4n) is 4.65. The van der Waals surface area contributed by atoms with Gasteiger partial charge in [-0.1, -0.05) is 12.8 Å². The number of pyridine rings is 1. The van der Waals surface area contributed by atoms with Crippen molar-refractivity contribution in [2.45, 2.75) is 43.0 Å². The molecule has 1 amide bonds. The van der Waals surface area contributed by atoms with Crippen molar-refractivity contribution in [3.63, 3.8) is 0 Å². The van der Waals surface area contributed by atoms with Crippen molar-refractivity contribution in [1.29, 1.82) is 0 Å². The van der Waals surface area contributed by atoms with Crippen LogP contribution in [0, 0.1) is 11.8 Å². The summed E-state index contributed by atoms with van der Waals surface area (Å²) in [7, 11) is -2.50. The Kier molecular flexibility index (Phi) is 5.25. The number of nitrogens with one attached hydrogen (secondary N) is 2. The van der Waals surface area contributed by atoms with Gasteiger partial charge in [0.2, 0.25) is 5.91 Å². The van der Waals surface area contributed by atoms with Crippen LogP contribution in [0.25, 0.3) is 10.9 Å². The second-order valence-electron chi connectivity index (χ2n) is 7.62. The number of fused-ring (bicyclic) bond motifs is 2. The fourth-order valence-corrected chi connectivity index (χ4v) is 5.81. The Morgan fingerprint density at radius 3 is 2.93 bits per heavy atom. The smallest absolute Gasteiger partial charge is 0.266 e. The Morgan fingerprint density at radius 1 is 1.29 bits per heavy atom. The predicted molar refractivity (Wildman–Crippen MR) is 105 cm³/mol. The Bertz CT molecular complexity index is 992. The molecule has 0 radical (unpaired) electrons. The molecule has 1 aliphatic carbocycles. The molecule has 1 aromatic carbocycles. The van der Waals surface area contributed by atoms with Crippen LogP contribution in [0.5, 0.6) is 5.75 Å². The van der Waals surface area contributed by atoms with Crippen molar-refractivity contribution in [2.75, 3.05) is 13.7 Å². The van der Waals surface area contributed by atoms with E-state index >= 15 is 0 Å². The zero-order chi connectivity index (χ0) is 19.7. The van der Waals surface area contributed by atoms with Gasteiger partial charge in [0.25, 0.3) is 10.0 Å². The number of benzene rings is 1. The third-order valence-corrected chi connectivity index (χ3v) is 7.37. The molecule has 28 heavy (non-hydrogen) atoms. The van der Waals surface area contributed by atoms with Crippen LogP contribution in [0.2, 0.25) is 0 Å². The summed E-state index contributed by atoms with van der Waals surface area (Å²) in [5.41, 5.74) is 0.289. The van der Waals surface area contributed by atoms with Crippen molar-refractivity contribution in [2.24, 2.45) is 11.8 Å². The third-order valence-electron chi connectivity index (χ3n) is 5.96. The van der Waals surface area contributed by atoms with Crippen LogP contribution in [0.1, 0.15) is 32.1 Å². The summed E-state index contributed by atoms with van der Waals surface area (Å²) in [6.07, 6.45) is 6.40. The van der Waals surface area contributed by atoms with Crippen molar-refractivity contribution in [1.82, 2.24) is 15.0 Å². The summed E-state index contributed by atoms with van der Waals surface area (Å²) in [4.78, 5) is 16.7. The minimum absolute atomic E-state index is 0.0164. The average Bonchev–Trinajstić information content (AvgIpc) is 3.09. The minimum Gasteiger partial charge on any atom is -0.496 e. The summed E-state index contributed by atoms with van der Waals surface area (Å²) < 4.78 is 33.3. The number of carbonyl (C=O) groups excluding carboxylic acids is 1. The van der Waals surface area contributed by atoms with Gasteiger partial charge in [-0.05, 0) is 55.5 Å². The van der Waals surface area contributed by atoms with Crippen LogP contribution in [-0.4, -0.2) is 39.0 Å². The van der Waals surface area contributed by atoms with E-state index in [-0.39, 0.29) is 22.8 Å². The van der Waals surface area contributed by atoms with E-state index in [1.807, 2.05) is 0 Å². The maximum absolute atomic E-state index is 12.9. The lowest BCUT2D eigenvalue weighted by Gasteiger charge is -2.28. The van der Waals surface area contributed by atoms with Gasteiger partial charge in [0.15, 0.2) is 0 Å². The van der Waals surface area contributed by atoms with E-state index in [1.54, 1.807) is 18.2 Å². The highest BCUT2D eigenvalue weighted by Crippen LogP contribution is 2.36. The Hall–Kier alpha value is -2.19. The predicted octanol–water partition coefficient (Wildman–Crippen LogP) is 2.22. The largest absolute Gasteiger partial charge is 0.496 e. The molecule has 7 nitrogen and oxygen atoms in total. The van der Waals surface area contributed by atoms with Crippen LogP contribution in [-0.2, 0) is 14.8 Å². The molecule has 0 bridgehead atoms. The molecule has 1 saturated carbocycles. The molecule has 3 unspecified atom stereocenters. The molecule has 4 rings (SSSR count). The number of ether oxygens (including phenoxy) is 1. The lowest BCUT2D eigenvalue weighted by atomic mass is 9.79. The number of sulfonamides is 1. The van der Waals surface area contributed by atoms with Crippen molar-refractivity contribution in [3.05, 3.63) is 30.5 Å². The first-order chi connectivity index (χ1) is 13.5. The summed E-state index contributed by atoms with van der Waals surface area (Å²) in [5, 5.41) is 4.08. The molecular weight excluding hydrogens is 378 g/mol. The first-order valence-corrected chi connectivity index (χ1v) is 11.2. The highest BCUT2D eigenvalue weighted by molar-refractivity contribution is 7.90. The highest BCUT2D eigenvalue weighted by Gasteiger charge is 2.38. The van der Waals surface area contributed by atoms with Gasteiger partial charge in [-0.25, -0.2) is 13.1 Å². The fraction of sp³-hybridized carbons (Fsp3) is 0.500. The second kappa shape index (κ2) is 7.67. The number of nitrogens with zero attached hydrogens (tertiary/aromatic N) is 1. The molecule has 2 aliphatic rings. The summed E-state index contributed by atoms with van der Waals surface area (Å²) in [6, 6.07) is 6.94. The number of hydrogen-bond donors (Lipinski definition) is 2. The van der Waals surface area contributed by atoms with E-state index in [4.69, 9.17) is 4.74 Å². The maximum atomic E-state index is 12.9. The van der Waals surface area contributed by atoms with Gasteiger partial charge >= 0.3 is 0 Å². The van der Waals surface area contributed by atoms with Crippen LogP contribution in [0.3, 0.4) is 0 Å². The topological polar surface area (TPSA) is 97.4 Å². The SMILES string of the molecule is COc1ccc(S(=O)(=O)NC(=O)CC2CNC3CCCCC23)c2ncccc12. The first-order valence-electron chi connectivity index (χ1n) is 9.70. The van der Waals surface area contributed by atoms with Crippen LogP contribution < -0.4 is 14.8 Å². The molecule has 2 fully saturated rings. The van der Waals surface area contributed by atoms with E-state index in [1.165, 1.54) is 32.2 Å². The lowest BCUT2D eigenvalue weighted by Crippen LogP contribution is -2.34. The molecule has 2 aromatic rings. The van der Waals surface area contributed by atoms with Gasteiger partial charge in [-0.15, -0.1) is 0 Å². The van der Waals surface area contributed by atoms with Gasteiger partial charge in [-0.3, -0.25) is 9.78 Å². The van der Waals surface area contributed by atoms with Crippen molar-refractivity contribution >= 4 is 26.8 Å². The third kappa shape index (κ3) is 3.58. The molecule has 2 heterocycles. The molecule has 1 saturated heterocycles. The molecule has 1 aliphatic heterocycles. The number of methoxy groups -OCH3 is 1. The van der Waals surface area contributed by atoms with Crippen LogP contribution >= 0.6 is 0 Å². The Morgan fingerprint density at radius 2 is 2.11 bits per heavy atom. The standard InChI is InChI=1S/C20H25N3O4S/c1-27-17-8-9-18(20-15(17)6-4-10-21-20)28(25,26)23-19(24)11-13-12-22-16-7-3-2-5-14(13)16/h4,6,8-10,13-14,16,22H,2-3,5,7,11-12H2,1H3,(H,23,24). The Balaban J connectivity index is 1.53. The lowest BCUT2D eigenvalue weighted by molar-refractivity contribution is -0.120. The van der Waals surface area contributed by atoms with Crippen LogP contribution in [0.15, 0.2) is 35.4 Å². The highest BCUT2D eigenvalue weighted by atomic mass is 32.2. The molecule has 2 N–H and O–H groups in total. The van der Waals surface area contributed by atoms with E-state index in [0.717, 1.165) is 19.4 Å². The summed E-state index contributed by atoms with van der Waals surface area (Å²) in [6.45, 7) is 0.774. The zero-order valence-corrected chi connectivity index (χ0v) is 16.7. The number of carbonyl (C=O) groups is 1. The first kappa shape index (κ1) is 19.1. The number of amides is 1. The van der Waals surface area contributed by atoms with Gasteiger partial charge in [0.05, 0.1) is 12.6 Å². The average molecular weight is 404 g/mol. The van der Waals surface area contributed by atoms with Gasteiger partial charge < -0.3 is 10.1 Å². The zero-order valence-electron chi connectivity index (χ0n) is 15.8. The second-order valence-corrected chi connectivity index (χ2v) is 9.27. The van der Waals surface area contributed by atoms with Crippen molar-refractivity contribution < 1.29 is 17.9 Å². The molecule has 0 spiro atoms. The van der Waals surface area contributed by atoms with E-state index < -0.39 is 15.9 Å². The molecule has 1 aromatic heterocycles. The van der Waals surface area contributed by atoms with Crippen LogP contribution in [0.4, 0.5) is 0 Å². The van der Waals surface area contributed by atoms with Gasteiger partial charge in [0, 0.05) is 24.0 Å². The van der Waals surface area contributed by atoms with Gasteiger partial charge in [0.1, 0.15) is 10.6 Å². The van der Waals surface area contributed by atoms with Crippen molar-refractivity contribution in [3.8, 4) is 5.75 Å². The molecule has 150 valence electrons. The van der Waals surface area contributed by atoms with Gasteiger partial charge in [-0.2, -0.15) is 0 Å². The molecular formula is C20H25N3O4S. The van der Waals surface area contributed by atoms with E-state index in [2.05, 4.69) is 15.0 Å².